The summed E-state index contributed by atoms with van der Waals surface area (Å²) in [4.78, 5) is 12.5. The van der Waals surface area contributed by atoms with Crippen LogP contribution in [0.1, 0.15) is 27.3 Å². The van der Waals surface area contributed by atoms with Gasteiger partial charge in [-0.1, -0.05) is 6.07 Å². The highest BCUT2D eigenvalue weighted by molar-refractivity contribution is 5.96. The molecule has 3 aromatic rings. The van der Waals surface area contributed by atoms with Crippen molar-refractivity contribution in [2.24, 2.45) is 0 Å². The van der Waals surface area contributed by atoms with E-state index >= 15 is 0 Å². The van der Waals surface area contributed by atoms with Crippen LogP contribution in [0.3, 0.4) is 0 Å². The lowest BCUT2D eigenvalue weighted by atomic mass is 10.1. The molecule has 0 unspecified atom stereocenters. The molecule has 0 spiro atoms. The van der Waals surface area contributed by atoms with Gasteiger partial charge in [0.25, 0.3) is 5.91 Å². The summed E-state index contributed by atoms with van der Waals surface area (Å²) in [5, 5.41) is 6.57. The first-order valence-electron chi connectivity index (χ1n) is 8.02. The number of carbonyl (C=O) groups excluding carboxylic acids is 1. The normalized spacial score (nSPS) is 10.9. The molecule has 0 fully saturated rings. The van der Waals surface area contributed by atoms with Gasteiger partial charge in [0.05, 0.1) is 17.0 Å². The number of aromatic nitrogens is 2. The van der Waals surface area contributed by atoms with Crippen molar-refractivity contribution in [1.29, 1.82) is 0 Å². The van der Waals surface area contributed by atoms with Crippen LogP contribution in [-0.4, -0.2) is 15.7 Å². The van der Waals surface area contributed by atoms with Gasteiger partial charge in [-0.2, -0.15) is 5.10 Å². The molecule has 140 valence electrons. The molecule has 0 saturated carbocycles. The smallest absolute Gasteiger partial charge is 0.255 e. The average Bonchev–Trinajstić information content (AvgIpc) is 2.88. The lowest BCUT2D eigenvalue weighted by Gasteiger charge is -2.09. The molecule has 0 aliphatic carbocycles. The summed E-state index contributed by atoms with van der Waals surface area (Å²) in [5.41, 5.74) is 0.469. The molecule has 3 rings (SSSR count). The summed E-state index contributed by atoms with van der Waals surface area (Å²) in [5.74, 6) is -3.72. The highest BCUT2D eigenvalue weighted by Gasteiger charge is 2.21. The number of hydrogen-bond acceptors (Lipinski definition) is 2. The maximum Gasteiger partial charge on any atom is 0.255 e. The van der Waals surface area contributed by atoms with Crippen molar-refractivity contribution < 1.29 is 22.4 Å². The van der Waals surface area contributed by atoms with Gasteiger partial charge in [-0.25, -0.2) is 22.2 Å². The van der Waals surface area contributed by atoms with Crippen LogP contribution in [0, 0.1) is 37.1 Å². The quantitative estimate of drug-likeness (QED) is 0.700. The first-order valence-corrected chi connectivity index (χ1v) is 8.02. The van der Waals surface area contributed by atoms with Crippen LogP contribution < -0.4 is 5.32 Å². The van der Waals surface area contributed by atoms with Gasteiger partial charge in [0.1, 0.15) is 23.1 Å². The van der Waals surface area contributed by atoms with Crippen molar-refractivity contribution in [2.45, 2.75) is 20.4 Å². The average molecular weight is 377 g/mol. The predicted octanol–water partition coefficient (Wildman–Crippen LogP) is 3.98. The van der Waals surface area contributed by atoms with Crippen LogP contribution in [0.2, 0.25) is 0 Å². The van der Waals surface area contributed by atoms with Crippen LogP contribution in [0.25, 0.3) is 5.69 Å². The number of nitrogens with one attached hydrogen (secondary N) is 1. The molecule has 0 aliphatic rings. The van der Waals surface area contributed by atoms with Crippen LogP contribution in [-0.2, 0) is 6.54 Å². The first-order chi connectivity index (χ1) is 12.8. The van der Waals surface area contributed by atoms with E-state index in [2.05, 4.69) is 10.4 Å². The van der Waals surface area contributed by atoms with E-state index < -0.39 is 29.2 Å². The van der Waals surface area contributed by atoms with E-state index in [0.29, 0.717) is 17.5 Å². The largest absolute Gasteiger partial charge is 0.348 e. The maximum atomic E-state index is 14.0. The van der Waals surface area contributed by atoms with E-state index in [4.69, 9.17) is 0 Å². The highest BCUT2D eigenvalue weighted by atomic mass is 19.1. The maximum absolute atomic E-state index is 14.0. The second kappa shape index (κ2) is 7.22. The molecule has 1 aromatic heterocycles. The van der Waals surface area contributed by atoms with Crippen molar-refractivity contribution in [3.63, 3.8) is 0 Å². The second-order valence-electron chi connectivity index (χ2n) is 5.94. The van der Waals surface area contributed by atoms with E-state index in [0.717, 1.165) is 18.2 Å². The fourth-order valence-corrected chi connectivity index (χ4v) is 2.82. The van der Waals surface area contributed by atoms with Gasteiger partial charge < -0.3 is 5.32 Å². The molecule has 0 atom stereocenters. The molecule has 1 N–H and O–H groups in total. The minimum Gasteiger partial charge on any atom is -0.348 e. The number of rotatable bonds is 4. The van der Waals surface area contributed by atoms with Crippen LogP contribution in [0.4, 0.5) is 17.6 Å². The van der Waals surface area contributed by atoms with Crippen LogP contribution >= 0.6 is 0 Å². The Hall–Kier alpha value is -3.16. The molecular formula is C19H15F4N3O. The van der Waals surface area contributed by atoms with Crippen molar-refractivity contribution in [1.82, 2.24) is 15.1 Å². The Balaban J connectivity index is 1.89. The molecule has 2 aromatic carbocycles. The Morgan fingerprint density at radius 2 is 1.70 bits per heavy atom. The zero-order valence-corrected chi connectivity index (χ0v) is 14.5. The molecule has 27 heavy (non-hydrogen) atoms. The van der Waals surface area contributed by atoms with Gasteiger partial charge >= 0.3 is 0 Å². The topological polar surface area (TPSA) is 46.9 Å². The monoisotopic (exact) mass is 377 g/mol. The molecule has 8 heteroatoms. The lowest BCUT2D eigenvalue weighted by molar-refractivity contribution is 0.0949. The van der Waals surface area contributed by atoms with Crippen molar-refractivity contribution in [3.8, 4) is 5.69 Å². The standard InChI is InChI=1S/C19H15F4N3O/c1-10-18(19(27)24-9-13-14(21)4-3-5-15(13)22)11(2)26(25-10)17-7-6-12(20)8-16(17)23/h3-8H,9H2,1-2H3,(H,24,27). The molecule has 0 bridgehead atoms. The Labute approximate surface area is 152 Å². The summed E-state index contributed by atoms with van der Waals surface area (Å²) >= 11 is 0. The third-order valence-electron chi connectivity index (χ3n) is 4.14. The fourth-order valence-electron chi connectivity index (χ4n) is 2.82. The number of benzene rings is 2. The van der Waals surface area contributed by atoms with Gasteiger partial charge in [-0.15, -0.1) is 0 Å². The van der Waals surface area contributed by atoms with Gasteiger partial charge in [0.2, 0.25) is 0 Å². The first kappa shape index (κ1) is 18.6. The Morgan fingerprint density at radius 1 is 1.04 bits per heavy atom. The van der Waals surface area contributed by atoms with Gasteiger partial charge in [-0.05, 0) is 38.1 Å². The fraction of sp³-hybridized carbons (Fsp3) is 0.158. The molecule has 0 aliphatic heterocycles. The van der Waals surface area contributed by atoms with Crippen molar-refractivity contribution >= 4 is 5.91 Å². The summed E-state index contributed by atoms with van der Waals surface area (Å²) < 4.78 is 55.7. The minimum absolute atomic E-state index is 0.0174. The molecule has 1 amide bonds. The molecular weight excluding hydrogens is 362 g/mol. The van der Waals surface area contributed by atoms with E-state index in [-0.39, 0.29) is 23.4 Å². The predicted molar refractivity (Wildman–Crippen MR) is 90.5 cm³/mol. The van der Waals surface area contributed by atoms with Crippen LogP contribution in [0.5, 0.6) is 0 Å². The van der Waals surface area contributed by atoms with Gasteiger partial charge in [0.15, 0.2) is 5.82 Å². The van der Waals surface area contributed by atoms with Crippen molar-refractivity contribution in [2.75, 3.05) is 0 Å². The Morgan fingerprint density at radius 3 is 2.33 bits per heavy atom. The molecule has 0 radical (unpaired) electrons. The Bertz CT molecular complexity index is 1010. The second-order valence-corrected chi connectivity index (χ2v) is 5.94. The summed E-state index contributed by atoms with van der Waals surface area (Å²) in [6, 6.07) is 6.42. The van der Waals surface area contributed by atoms with E-state index in [9.17, 15) is 22.4 Å². The number of nitrogens with zero attached hydrogens (tertiary/aromatic N) is 2. The highest BCUT2D eigenvalue weighted by Crippen LogP contribution is 2.21. The third-order valence-corrected chi connectivity index (χ3v) is 4.14. The molecule has 0 saturated heterocycles. The summed E-state index contributed by atoms with van der Waals surface area (Å²) in [6.45, 7) is 2.73. The number of hydrogen-bond donors (Lipinski definition) is 1. The van der Waals surface area contributed by atoms with Crippen LogP contribution in [0.15, 0.2) is 36.4 Å². The third kappa shape index (κ3) is 3.55. The lowest BCUT2D eigenvalue weighted by Crippen LogP contribution is -2.25. The SMILES string of the molecule is Cc1nn(-c2ccc(F)cc2F)c(C)c1C(=O)NCc1c(F)cccc1F. The summed E-state index contributed by atoms with van der Waals surface area (Å²) in [6.07, 6.45) is 0. The minimum atomic E-state index is -0.832. The molecule has 4 nitrogen and oxygen atoms in total. The van der Waals surface area contributed by atoms with E-state index in [1.165, 1.54) is 16.8 Å². The summed E-state index contributed by atoms with van der Waals surface area (Å²) in [7, 11) is 0. The number of amides is 1. The molecule has 1 heterocycles. The Kier molecular flexibility index (Phi) is 4.98. The number of halogens is 4. The van der Waals surface area contributed by atoms with Gasteiger partial charge in [0, 0.05) is 18.2 Å². The number of carbonyl (C=O) groups is 1. The van der Waals surface area contributed by atoms with E-state index in [1.54, 1.807) is 13.8 Å². The zero-order valence-electron chi connectivity index (χ0n) is 14.5. The number of aryl methyl sites for hydroxylation is 1. The van der Waals surface area contributed by atoms with Crippen molar-refractivity contribution in [3.05, 3.63) is 82.2 Å². The van der Waals surface area contributed by atoms with Gasteiger partial charge in [-0.3, -0.25) is 4.79 Å². The zero-order chi connectivity index (χ0) is 19.7. The van der Waals surface area contributed by atoms with E-state index in [1.807, 2.05) is 0 Å².